The van der Waals surface area contributed by atoms with Gasteiger partial charge in [-0.2, -0.15) is 4.98 Å². The van der Waals surface area contributed by atoms with E-state index in [1.807, 2.05) is 0 Å². The Bertz CT molecular complexity index is 542. The summed E-state index contributed by atoms with van der Waals surface area (Å²) in [5.74, 6) is 0.608. The predicted molar refractivity (Wildman–Crippen MR) is 79.0 cm³/mol. The molecule has 1 saturated carbocycles. The van der Waals surface area contributed by atoms with Gasteiger partial charge in [-0.05, 0) is 38.5 Å². The number of aromatic nitrogens is 2. The number of carbonyl (C=O) groups is 1. The second-order valence-electron chi connectivity index (χ2n) is 5.85. The van der Waals surface area contributed by atoms with Crippen LogP contribution in [-0.4, -0.2) is 34.1 Å². The van der Waals surface area contributed by atoms with Crippen LogP contribution in [0.25, 0.3) is 0 Å². The Morgan fingerprint density at radius 3 is 2.76 bits per heavy atom. The van der Waals surface area contributed by atoms with E-state index in [0.29, 0.717) is 29.8 Å². The van der Waals surface area contributed by atoms with Gasteiger partial charge in [-0.1, -0.05) is 6.42 Å². The zero-order valence-electron chi connectivity index (χ0n) is 12.6. The van der Waals surface area contributed by atoms with Gasteiger partial charge in [0.25, 0.3) is 0 Å². The van der Waals surface area contributed by atoms with Gasteiger partial charge in [0.05, 0.1) is 6.42 Å². The molecule has 0 spiro atoms. The molecule has 1 heterocycles. The van der Waals surface area contributed by atoms with E-state index in [4.69, 9.17) is 0 Å². The molecule has 1 fully saturated rings. The van der Waals surface area contributed by atoms with Crippen LogP contribution >= 0.6 is 0 Å². The summed E-state index contributed by atoms with van der Waals surface area (Å²) in [4.78, 5) is 29.7. The van der Waals surface area contributed by atoms with Crippen LogP contribution in [0.2, 0.25) is 0 Å². The standard InChI is InChI=1S/C15H23N3O3/c1-9-13(10(2)18-15(21)17-9)6-14(20)16-7-11-4-3-5-12(11)8-19/h11-12,19H,3-8H2,1-2H3,(H,16,20)(H,17,18,21). The second-order valence-corrected chi connectivity index (χ2v) is 5.85. The molecule has 0 aliphatic heterocycles. The molecule has 1 aromatic heterocycles. The SMILES string of the molecule is Cc1nc(=O)[nH]c(C)c1CC(=O)NCC1CCCC1CO. The maximum atomic E-state index is 12.1. The van der Waals surface area contributed by atoms with Crippen molar-refractivity contribution in [1.29, 1.82) is 0 Å². The lowest BCUT2D eigenvalue weighted by Gasteiger charge is -2.18. The van der Waals surface area contributed by atoms with Crippen molar-refractivity contribution in [3.05, 3.63) is 27.4 Å². The van der Waals surface area contributed by atoms with Crippen molar-refractivity contribution in [2.75, 3.05) is 13.2 Å². The third-order valence-corrected chi connectivity index (χ3v) is 4.40. The van der Waals surface area contributed by atoms with Gasteiger partial charge in [-0.15, -0.1) is 0 Å². The molecule has 2 atom stereocenters. The molecule has 1 aliphatic carbocycles. The summed E-state index contributed by atoms with van der Waals surface area (Å²) in [5.41, 5.74) is 1.68. The molecule has 21 heavy (non-hydrogen) atoms. The molecule has 6 nitrogen and oxygen atoms in total. The Labute approximate surface area is 124 Å². The Morgan fingerprint density at radius 2 is 2.10 bits per heavy atom. The zero-order valence-corrected chi connectivity index (χ0v) is 12.6. The van der Waals surface area contributed by atoms with Gasteiger partial charge in [-0.25, -0.2) is 4.79 Å². The lowest BCUT2D eigenvalue weighted by atomic mass is 9.97. The number of carbonyl (C=O) groups excluding carboxylic acids is 1. The largest absolute Gasteiger partial charge is 0.396 e. The van der Waals surface area contributed by atoms with E-state index in [1.165, 1.54) is 0 Å². The van der Waals surface area contributed by atoms with E-state index in [9.17, 15) is 14.7 Å². The maximum Gasteiger partial charge on any atom is 0.345 e. The minimum atomic E-state index is -0.383. The van der Waals surface area contributed by atoms with E-state index in [-0.39, 0.29) is 24.6 Å². The predicted octanol–water partition coefficient (Wildman–Crippen LogP) is 0.454. The molecule has 0 radical (unpaired) electrons. The summed E-state index contributed by atoms with van der Waals surface area (Å²) in [6.07, 6.45) is 3.44. The lowest BCUT2D eigenvalue weighted by Crippen LogP contribution is -2.33. The summed E-state index contributed by atoms with van der Waals surface area (Å²) >= 11 is 0. The molecule has 116 valence electrons. The fourth-order valence-electron chi connectivity index (χ4n) is 3.11. The topological polar surface area (TPSA) is 95.1 Å². The van der Waals surface area contributed by atoms with E-state index in [0.717, 1.165) is 24.8 Å². The van der Waals surface area contributed by atoms with Gasteiger partial charge >= 0.3 is 5.69 Å². The number of aliphatic hydroxyl groups excluding tert-OH is 1. The van der Waals surface area contributed by atoms with Gasteiger partial charge in [0, 0.05) is 30.1 Å². The fourth-order valence-corrected chi connectivity index (χ4v) is 3.11. The number of aryl methyl sites for hydroxylation is 2. The van der Waals surface area contributed by atoms with Gasteiger partial charge in [0.15, 0.2) is 0 Å². The van der Waals surface area contributed by atoms with E-state index >= 15 is 0 Å². The van der Waals surface area contributed by atoms with Crippen molar-refractivity contribution < 1.29 is 9.90 Å². The minimum absolute atomic E-state index is 0.0707. The average molecular weight is 293 g/mol. The smallest absolute Gasteiger partial charge is 0.345 e. The monoisotopic (exact) mass is 293 g/mol. The highest BCUT2D eigenvalue weighted by Crippen LogP contribution is 2.30. The Kier molecular flexibility index (Phi) is 5.12. The normalized spacial score (nSPS) is 21.5. The first-order valence-electron chi connectivity index (χ1n) is 7.45. The molecule has 3 N–H and O–H groups in total. The van der Waals surface area contributed by atoms with E-state index in [1.54, 1.807) is 13.8 Å². The van der Waals surface area contributed by atoms with Crippen molar-refractivity contribution in [2.24, 2.45) is 11.8 Å². The van der Waals surface area contributed by atoms with Gasteiger partial charge < -0.3 is 15.4 Å². The number of nitrogens with zero attached hydrogens (tertiary/aromatic N) is 1. The highest BCUT2D eigenvalue weighted by atomic mass is 16.3. The molecule has 6 heteroatoms. The Morgan fingerprint density at radius 1 is 1.38 bits per heavy atom. The van der Waals surface area contributed by atoms with Crippen LogP contribution in [0.3, 0.4) is 0 Å². The molecule has 0 aromatic carbocycles. The number of hydrogen-bond donors (Lipinski definition) is 3. The lowest BCUT2D eigenvalue weighted by molar-refractivity contribution is -0.120. The molecular weight excluding hydrogens is 270 g/mol. The molecular formula is C15H23N3O3. The van der Waals surface area contributed by atoms with Crippen molar-refractivity contribution in [3.63, 3.8) is 0 Å². The summed E-state index contributed by atoms with van der Waals surface area (Å²) < 4.78 is 0. The summed E-state index contributed by atoms with van der Waals surface area (Å²) in [7, 11) is 0. The molecule has 1 aromatic rings. The molecule has 0 bridgehead atoms. The van der Waals surface area contributed by atoms with Crippen molar-refractivity contribution >= 4 is 5.91 Å². The highest BCUT2D eigenvalue weighted by molar-refractivity contribution is 5.79. The van der Waals surface area contributed by atoms with Gasteiger partial charge in [0.1, 0.15) is 0 Å². The van der Waals surface area contributed by atoms with Crippen LogP contribution < -0.4 is 11.0 Å². The van der Waals surface area contributed by atoms with Crippen LogP contribution in [0.5, 0.6) is 0 Å². The third-order valence-electron chi connectivity index (χ3n) is 4.40. The molecule has 2 rings (SSSR count). The van der Waals surface area contributed by atoms with Crippen molar-refractivity contribution in [3.8, 4) is 0 Å². The van der Waals surface area contributed by atoms with Gasteiger partial charge in [-0.3, -0.25) is 4.79 Å². The highest BCUT2D eigenvalue weighted by Gasteiger charge is 2.26. The number of H-pyrrole nitrogens is 1. The molecule has 2 unspecified atom stereocenters. The number of rotatable bonds is 5. The zero-order chi connectivity index (χ0) is 15.4. The van der Waals surface area contributed by atoms with Crippen LogP contribution in [0.15, 0.2) is 4.79 Å². The molecule has 0 saturated heterocycles. The minimum Gasteiger partial charge on any atom is -0.396 e. The van der Waals surface area contributed by atoms with E-state index < -0.39 is 0 Å². The van der Waals surface area contributed by atoms with Crippen LogP contribution in [-0.2, 0) is 11.2 Å². The number of aliphatic hydroxyl groups is 1. The number of amides is 1. The van der Waals surface area contributed by atoms with Crippen molar-refractivity contribution in [2.45, 2.75) is 39.5 Å². The fraction of sp³-hybridized carbons (Fsp3) is 0.667. The average Bonchev–Trinajstić information content (AvgIpc) is 2.88. The second kappa shape index (κ2) is 6.85. The number of hydrogen-bond acceptors (Lipinski definition) is 4. The number of aromatic amines is 1. The summed E-state index contributed by atoms with van der Waals surface area (Å²) in [5, 5.41) is 12.2. The number of nitrogens with one attached hydrogen (secondary N) is 2. The first-order valence-corrected chi connectivity index (χ1v) is 7.45. The van der Waals surface area contributed by atoms with Crippen LogP contribution in [0, 0.1) is 25.7 Å². The van der Waals surface area contributed by atoms with Crippen LogP contribution in [0.4, 0.5) is 0 Å². The van der Waals surface area contributed by atoms with Crippen molar-refractivity contribution in [1.82, 2.24) is 15.3 Å². The first kappa shape index (κ1) is 15.7. The Hall–Kier alpha value is -1.69. The molecule has 1 aliphatic rings. The van der Waals surface area contributed by atoms with Gasteiger partial charge in [0.2, 0.25) is 5.91 Å². The summed E-state index contributed by atoms with van der Waals surface area (Å²) in [6.45, 7) is 4.32. The maximum absolute atomic E-state index is 12.1. The molecule has 1 amide bonds. The first-order chi connectivity index (χ1) is 10.0. The quantitative estimate of drug-likeness (QED) is 0.734. The van der Waals surface area contributed by atoms with Crippen LogP contribution in [0.1, 0.15) is 36.2 Å². The van der Waals surface area contributed by atoms with E-state index in [2.05, 4.69) is 15.3 Å². The third kappa shape index (κ3) is 3.91. The Balaban J connectivity index is 1.92. The summed E-state index contributed by atoms with van der Waals surface area (Å²) in [6, 6.07) is 0.